The largest absolute Gasteiger partial charge is 0.507 e. The lowest BCUT2D eigenvalue weighted by atomic mass is 9.78. The molecule has 0 aliphatic carbocycles. The number of phenolic OH excluding ortho intramolecular Hbond substituents is 1. The zero-order chi connectivity index (χ0) is 15.9. The summed E-state index contributed by atoms with van der Waals surface area (Å²) in [6.45, 7) is 14.2. The highest BCUT2D eigenvalue weighted by atomic mass is 35.5. The molecule has 1 rings (SSSR count). The fourth-order valence-corrected chi connectivity index (χ4v) is 2.18. The first kappa shape index (κ1) is 20.2. The van der Waals surface area contributed by atoms with Crippen molar-refractivity contribution in [2.75, 3.05) is 0 Å². The van der Waals surface area contributed by atoms with Gasteiger partial charge in [-0.1, -0.05) is 47.6 Å². The van der Waals surface area contributed by atoms with Crippen LogP contribution < -0.4 is 5.73 Å². The topological polar surface area (TPSA) is 66.5 Å². The maximum absolute atomic E-state index is 10.5. The van der Waals surface area contributed by atoms with Crippen molar-refractivity contribution in [1.29, 1.82) is 0 Å². The van der Waals surface area contributed by atoms with Crippen LogP contribution in [0.25, 0.3) is 0 Å². The number of aliphatic hydroxyl groups excluding tert-OH is 1. The van der Waals surface area contributed by atoms with Gasteiger partial charge in [-0.05, 0) is 34.9 Å². The maximum atomic E-state index is 10.5. The monoisotopic (exact) mass is 315 g/mol. The molecule has 3 nitrogen and oxygen atoms in total. The molecular formula is C17H30ClNO2. The number of nitrogens with two attached hydrogens (primary N) is 1. The van der Waals surface area contributed by atoms with Crippen LogP contribution in [-0.2, 0) is 10.8 Å². The first-order valence-electron chi connectivity index (χ1n) is 7.17. The Morgan fingerprint density at radius 2 is 1.48 bits per heavy atom. The van der Waals surface area contributed by atoms with Gasteiger partial charge in [0.1, 0.15) is 5.75 Å². The summed E-state index contributed by atoms with van der Waals surface area (Å²) in [4.78, 5) is 0. The van der Waals surface area contributed by atoms with Gasteiger partial charge in [0.25, 0.3) is 0 Å². The smallest absolute Gasteiger partial charge is 0.124 e. The van der Waals surface area contributed by atoms with E-state index in [9.17, 15) is 10.2 Å². The zero-order valence-electron chi connectivity index (χ0n) is 14.2. The van der Waals surface area contributed by atoms with Crippen molar-refractivity contribution in [1.82, 2.24) is 0 Å². The van der Waals surface area contributed by atoms with Crippen molar-refractivity contribution in [3.63, 3.8) is 0 Å². The lowest BCUT2D eigenvalue weighted by molar-refractivity contribution is 0.162. The normalized spacial score (nSPS) is 15.3. The van der Waals surface area contributed by atoms with E-state index in [-0.39, 0.29) is 29.0 Å². The van der Waals surface area contributed by atoms with Gasteiger partial charge in [0.15, 0.2) is 0 Å². The summed E-state index contributed by atoms with van der Waals surface area (Å²) >= 11 is 0. The van der Waals surface area contributed by atoms with Gasteiger partial charge >= 0.3 is 0 Å². The molecule has 0 unspecified atom stereocenters. The van der Waals surface area contributed by atoms with E-state index in [1.807, 2.05) is 12.1 Å². The van der Waals surface area contributed by atoms with Gasteiger partial charge in [-0.15, -0.1) is 12.4 Å². The molecule has 0 saturated carbocycles. The first-order chi connectivity index (χ1) is 8.85. The fraction of sp³-hybridized carbons (Fsp3) is 0.647. The van der Waals surface area contributed by atoms with Crippen molar-refractivity contribution in [3.8, 4) is 5.75 Å². The van der Waals surface area contributed by atoms with E-state index in [0.717, 1.165) is 11.1 Å². The van der Waals surface area contributed by atoms with Crippen LogP contribution in [0, 0.1) is 0 Å². The molecule has 0 aliphatic heterocycles. The van der Waals surface area contributed by atoms with Gasteiger partial charge < -0.3 is 15.9 Å². The second kappa shape index (κ2) is 6.55. The van der Waals surface area contributed by atoms with Crippen LogP contribution in [0.1, 0.15) is 71.2 Å². The molecule has 122 valence electrons. The van der Waals surface area contributed by atoms with E-state index >= 15 is 0 Å². The molecule has 0 spiro atoms. The number of aromatic hydroxyl groups is 1. The highest BCUT2D eigenvalue weighted by molar-refractivity contribution is 5.85. The lowest BCUT2D eigenvalue weighted by Crippen LogP contribution is -2.25. The molecule has 0 aliphatic rings. The van der Waals surface area contributed by atoms with Crippen molar-refractivity contribution in [2.24, 2.45) is 5.73 Å². The van der Waals surface area contributed by atoms with Crippen LogP contribution in [0.5, 0.6) is 5.75 Å². The van der Waals surface area contributed by atoms with Crippen molar-refractivity contribution in [2.45, 2.75) is 71.4 Å². The number of hydrogen-bond donors (Lipinski definition) is 3. The number of aliphatic hydroxyl groups is 1. The summed E-state index contributed by atoms with van der Waals surface area (Å²) in [6.07, 6.45) is -0.705. The third-order valence-electron chi connectivity index (χ3n) is 3.69. The molecular weight excluding hydrogens is 286 g/mol. The Morgan fingerprint density at radius 1 is 1.00 bits per heavy atom. The summed E-state index contributed by atoms with van der Waals surface area (Å²) in [5.41, 5.74) is 8.44. The molecule has 0 aromatic heterocycles. The Hall–Kier alpha value is -0.770. The van der Waals surface area contributed by atoms with E-state index in [1.165, 1.54) is 0 Å². The summed E-state index contributed by atoms with van der Waals surface area (Å²) in [6, 6.07) is 3.38. The second-order valence-electron chi connectivity index (χ2n) is 7.73. The average molecular weight is 316 g/mol. The van der Waals surface area contributed by atoms with Crippen molar-refractivity contribution >= 4 is 12.4 Å². The fourth-order valence-electron chi connectivity index (χ4n) is 2.18. The Morgan fingerprint density at radius 3 is 1.81 bits per heavy atom. The van der Waals surface area contributed by atoms with Gasteiger partial charge in [0.2, 0.25) is 0 Å². The lowest BCUT2D eigenvalue weighted by Gasteiger charge is -2.29. The molecule has 0 radical (unpaired) electrons. The summed E-state index contributed by atoms with van der Waals surface area (Å²) in [5, 5.41) is 20.3. The Bertz CT molecular complexity index is 485. The van der Waals surface area contributed by atoms with Crippen LogP contribution in [-0.4, -0.2) is 16.3 Å². The predicted octanol–water partition coefficient (Wildman–Crippen LogP) is 3.79. The molecule has 2 atom stereocenters. The molecule has 0 amide bonds. The van der Waals surface area contributed by atoms with Gasteiger partial charge in [-0.25, -0.2) is 0 Å². The van der Waals surface area contributed by atoms with Crippen LogP contribution in [0.4, 0.5) is 0 Å². The number of hydrogen-bond acceptors (Lipinski definition) is 3. The minimum absolute atomic E-state index is 0. The third kappa shape index (κ3) is 4.60. The molecule has 4 N–H and O–H groups in total. The van der Waals surface area contributed by atoms with Crippen molar-refractivity contribution in [3.05, 3.63) is 28.8 Å². The summed E-state index contributed by atoms with van der Waals surface area (Å²) in [5.74, 6) is 0.207. The Labute approximate surface area is 135 Å². The maximum Gasteiger partial charge on any atom is 0.124 e. The van der Waals surface area contributed by atoms with Crippen LogP contribution in [0.15, 0.2) is 12.1 Å². The molecule has 0 fully saturated rings. The summed E-state index contributed by atoms with van der Waals surface area (Å²) in [7, 11) is 0. The van der Waals surface area contributed by atoms with E-state index in [0.29, 0.717) is 5.56 Å². The van der Waals surface area contributed by atoms with E-state index in [4.69, 9.17) is 5.73 Å². The molecule has 4 heteroatoms. The first-order valence-corrected chi connectivity index (χ1v) is 7.17. The number of rotatable bonds is 2. The Kier molecular flexibility index (Phi) is 6.31. The standard InChI is InChI=1S/C17H29NO2.ClH/c1-10(19)14(18)12-8-11(16(2,3)4)9-13(15(12)20)17(5,6)7;/h8-10,14,19-20H,18H2,1-7H3;1H/t10-,14-;/m0./s1. The number of halogens is 1. The van der Waals surface area contributed by atoms with E-state index in [2.05, 4.69) is 41.5 Å². The molecule has 21 heavy (non-hydrogen) atoms. The average Bonchev–Trinajstić information content (AvgIpc) is 2.24. The molecule has 0 heterocycles. The second-order valence-corrected chi connectivity index (χ2v) is 7.73. The SMILES string of the molecule is C[C@H](O)[C@H](N)c1cc(C(C)(C)C)cc(C(C)(C)C)c1O.Cl. The highest BCUT2D eigenvalue weighted by Gasteiger charge is 2.27. The van der Waals surface area contributed by atoms with E-state index < -0.39 is 12.1 Å². The number of benzene rings is 1. The molecule has 1 aromatic carbocycles. The molecule has 0 bridgehead atoms. The zero-order valence-corrected chi connectivity index (χ0v) is 15.0. The predicted molar refractivity (Wildman–Crippen MR) is 91.4 cm³/mol. The minimum atomic E-state index is -0.705. The van der Waals surface area contributed by atoms with Gasteiger partial charge in [0.05, 0.1) is 12.1 Å². The van der Waals surface area contributed by atoms with Crippen LogP contribution in [0.3, 0.4) is 0 Å². The van der Waals surface area contributed by atoms with Crippen LogP contribution in [0.2, 0.25) is 0 Å². The third-order valence-corrected chi connectivity index (χ3v) is 3.69. The van der Waals surface area contributed by atoms with Gasteiger partial charge in [0, 0.05) is 5.56 Å². The minimum Gasteiger partial charge on any atom is -0.507 e. The summed E-state index contributed by atoms with van der Waals surface area (Å²) < 4.78 is 0. The van der Waals surface area contributed by atoms with Crippen LogP contribution >= 0.6 is 12.4 Å². The Balaban J connectivity index is 0.00000400. The van der Waals surface area contributed by atoms with Crippen molar-refractivity contribution < 1.29 is 10.2 Å². The molecule has 0 saturated heterocycles. The molecule has 1 aromatic rings. The highest BCUT2D eigenvalue weighted by Crippen LogP contribution is 2.39. The van der Waals surface area contributed by atoms with E-state index in [1.54, 1.807) is 6.92 Å². The van der Waals surface area contributed by atoms with Gasteiger partial charge in [-0.3, -0.25) is 0 Å². The van der Waals surface area contributed by atoms with Gasteiger partial charge in [-0.2, -0.15) is 0 Å². The number of phenols is 1. The quantitative estimate of drug-likeness (QED) is 0.778.